The Morgan fingerprint density at radius 3 is 2.18 bits per heavy atom. The second kappa shape index (κ2) is 4.07. The molecule has 0 saturated heterocycles. The predicted molar refractivity (Wildman–Crippen MR) is 48.2 cm³/mol. The number of hydrogen-bond donors (Lipinski definition) is 2. The van der Waals surface area contributed by atoms with Crippen LogP contribution in [-0.2, 0) is 0 Å². The maximum Gasteiger partial charge on any atom is -0.00205 e. The number of unbranched alkanes of at least 4 members (excludes halogenated alkanes) is 1. The normalized spacial score (nSPS) is 21.3. The second-order valence-electron chi connectivity index (χ2n) is 3.80. The van der Waals surface area contributed by atoms with Gasteiger partial charge >= 0.3 is 0 Å². The standard InChI is InChI=1S/C9H20N2/c10-7-2-1-4-9(8-11)5-3-6-9/h1-8,10-11H2. The summed E-state index contributed by atoms with van der Waals surface area (Å²) in [6.45, 7) is 1.72. The summed E-state index contributed by atoms with van der Waals surface area (Å²) in [5, 5.41) is 0. The lowest BCUT2D eigenvalue weighted by Crippen LogP contribution is -2.37. The van der Waals surface area contributed by atoms with E-state index in [9.17, 15) is 0 Å². The summed E-state index contributed by atoms with van der Waals surface area (Å²) in [6, 6.07) is 0. The van der Waals surface area contributed by atoms with Crippen molar-refractivity contribution in [2.24, 2.45) is 16.9 Å². The van der Waals surface area contributed by atoms with E-state index in [2.05, 4.69) is 0 Å². The van der Waals surface area contributed by atoms with Crippen molar-refractivity contribution in [1.29, 1.82) is 0 Å². The third-order valence-electron chi connectivity index (χ3n) is 3.01. The van der Waals surface area contributed by atoms with Gasteiger partial charge in [0.2, 0.25) is 0 Å². The molecule has 0 aromatic rings. The number of nitrogens with two attached hydrogens (primary N) is 2. The van der Waals surface area contributed by atoms with Gasteiger partial charge in [0.25, 0.3) is 0 Å². The number of rotatable bonds is 5. The maximum atomic E-state index is 5.72. The molecular weight excluding hydrogens is 136 g/mol. The van der Waals surface area contributed by atoms with Crippen LogP contribution in [0.25, 0.3) is 0 Å². The summed E-state index contributed by atoms with van der Waals surface area (Å²) in [5.41, 5.74) is 11.7. The third kappa shape index (κ3) is 2.17. The van der Waals surface area contributed by atoms with Crippen molar-refractivity contribution in [3.8, 4) is 0 Å². The van der Waals surface area contributed by atoms with Crippen LogP contribution in [0.5, 0.6) is 0 Å². The fourth-order valence-electron chi connectivity index (χ4n) is 1.88. The Morgan fingerprint density at radius 2 is 1.82 bits per heavy atom. The van der Waals surface area contributed by atoms with Gasteiger partial charge in [-0.15, -0.1) is 0 Å². The van der Waals surface area contributed by atoms with E-state index in [1.807, 2.05) is 0 Å². The Balaban J connectivity index is 2.11. The first kappa shape index (κ1) is 9.01. The van der Waals surface area contributed by atoms with Gasteiger partial charge in [0.15, 0.2) is 0 Å². The molecule has 0 aliphatic heterocycles. The van der Waals surface area contributed by atoms with Gasteiger partial charge in [-0.3, -0.25) is 0 Å². The first-order valence-corrected chi connectivity index (χ1v) is 4.73. The zero-order chi connectivity index (χ0) is 8.16. The average molecular weight is 156 g/mol. The van der Waals surface area contributed by atoms with Crippen LogP contribution >= 0.6 is 0 Å². The van der Waals surface area contributed by atoms with Gasteiger partial charge in [0.1, 0.15) is 0 Å². The molecular formula is C9H20N2. The fourth-order valence-corrected chi connectivity index (χ4v) is 1.88. The Bertz CT molecular complexity index is 103. The summed E-state index contributed by atoms with van der Waals surface area (Å²) in [6.07, 6.45) is 7.85. The van der Waals surface area contributed by atoms with E-state index in [0.717, 1.165) is 13.1 Å². The van der Waals surface area contributed by atoms with Gasteiger partial charge in [-0.25, -0.2) is 0 Å². The predicted octanol–water partition coefficient (Wildman–Crippen LogP) is 1.24. The van der Waals surface area contributed by atoms with Gasteiger partial charge in [0.05, 0.1) is 0 Å². The van der Waals surface area contributed by atoms with Crippen LogP contribution in [0.2, 0.25) is 0 Å². The molecule has 1 aliphatic rings. The Morgan fingerprint density at radius 1 is 1.09 bits per heavy atom. The highest BCUT2D eigenvalue weighted by Crippen LogP contribution is 2.43. The molecule has 0 aromatic carbocycles. The molecule has 2 nitrogen and oxygen atoms in total. The molecule has 0 amide bonds. The third-order valence-corrected chi connectivity index (χ3v) is 3.01. The van der Waals surface area contributed by atoms with Crippen molar-refractivity contribution in [1.82, 2.24) is 0 Å². The smallest absolute Gasteiger partial charge is 0.00205 e. The van der Waals surface area contributed by atoms with Crippen molar-refractivity contribution in [3.05, 3.63) is 0 Å². The van der Waals surface area contributed by atoms with E-state index < -0.39 is 0 Å². The largest absolute Gasteiger partial charge is 0.330 e. The molecule has 2 heteroatoms. The lowest BCUT2D eigenvalue weighted by Gasteiger charge is -2.41. The molecule has 0 heterocycles. The molecule has 0 radical (unpaired) electrons. The molecule has 1 aliphatic carbocycles. The fraction of sp³-hybridized carbons (Fsp3) is 1.00. The zero-order valence-electron chi connectivity index (χ0n) is 7.31. The molecule has 1 fully saturated rings. The first-order chi connectivity index (χ1) is 5.33. The van der Waals surface area contributed by atoms with Gasteiger partial charge in [-0.05, 0) is 44.2 Å². The van der Waals surface area contributed by atoms with E-state index in [1.165, 1.54) is 38.5 Å². The first-order valence-electron chi connectivity index (χ1n) is 4.73. The van der Waals surface area contributed by atoms with Crippen LogP contribution < -0.4 is 11.5 Å². The Kier molecular flexibility index (Phi) is 3.34. The van der Waals surface area contributed by atoms with Crippen molar-refractivity contribution in [2.45, 2.75) is 38.5 Å². The summed E-state index contributed by atoms with van der Waals surface area (Å²) in [5.74, 6) is 0. The Hall–Kier alpha value is -0.0800. The molecule has 0 aromatic heterocycles. The van der Waals surface area contributed by atoms with Crippen LogP contribution in [0.15, 0.2) is 0 Å². The Labute approximate surface area is 69.3 Å². The topological polar surface area (TPSA) is 52.0 Å². The summed E-state index contributed by atoms with van der Waals surface area (Å²) >= 11 is 0. The van der Waals surface area contributed by atoms with Crippen LogP contribution in [-0.4, -0.2) is 13.1 Å². The highest BCUT2D eigenvalue weighted by Gasteiger charge is 2.34. The van der Waals surface area contributed by atoms with Crippen molar-refractivity contribution in [3.63, 3.8) is 0 Å². The van der Waals surface area contributed by atoms with Crippen LogP contribution in [0.4, 0.5) is 0 Å². The average Bonchev–Trinajstić information content (AvgIpc) is 1.95. The van der Waals surface area contributed by atoms with Gasteiger partial charge < -0.3 is 11.5 Å². The molecule has 0 unspecified atom stereocenters. The monoisotopic (exact) mass is 156 g/mol. The van der Waals surface area contributed by atoms with E-state index in [-0.39, 0.29) is 0 Å². The lowest BCUT2D eigenvalue weighted by atomic mass is 9.66. The molecule has 1 saturated carbocycles. The summed E-state index contributed by atoms with van der Waals surface area (Å²) in [4.78, 5) is 0. The van der Waals surface area contributed by atoms with Crippen molar-refractivity contribution < 1.29 is 0 Å². The molecule has 11 heavy (non-hydrogen) atoms. The van der Waals surface area contributed by atoms with E-state index >= 15 is 0 Å². The zero-order valence-corrected chi connectivity index (χ0v) is 7.31. The van der Waals surface area contributed by atoms with E-state index in [0.29, 0.717) is 5.41 Å². The van der Waals surface area contributed by atoms with Gasteiger partial charge in [-0.2, -0.15) is 0 Å². The SMILES string of the molecule is NCCCCC1(CN)CCC1. The molecule has 0 spiro atoms. The minimum Gasteiger partial charge on any atom is -0.330 e. The minimum absolute atomic E-state index is 0.537. The second-order valence-corrected chi connectivity index (χ2v) is 3.80. The minimum atomic E-state index is 0.537. The van der Waals surface area contributed by atoms with Crippen LogP contribution in [0, 0.1) is 5.41 Å². The van der Waals surface area contributed by atoms with Crippen molar-refractivity contribution in [2.75, 3.05) is 13.1 Å². The van der Waals surface area contributed by atoms with E-state index in [1.54, 1.807) is 0 Å². The van der Waals surface area contributed by atoms with Crippen LogP contribution in [0.3, 0.4) is 0 Å². The molecule has 4 N–H and O–H groups in total. The van der Waals surface area contributed by atoms with Gasteiger partial charge in [-0.1, -0.05) is 12.8 Å². The molecule has 0 bridgehead atoms. The summed E-state index contributed by atoms with van der Waals surface area (Å²) < 4.78 is 0. The van der Waals surface area contributed by atoms with Crippen molar-refractivity contribution >= 4 is 0 Å². The molecule has 66 valence electrons. The molecule has 0 atom stereocenters. The maximum absolute atomic E-state index is 5.72. The quantitative estimate of drug-likeness (QED) is 0.588. The highest BCUT2D eigenvalue weighted by atomic mass is 14.6. The number of hydrogen-bond acceptors (Lipinski definition) is 2. The highest BCUT2D eigenvalue weighted by molar-refractivity contribution is 4.88. The van der Waals surface area contributed by atoms with Gasteiger partial charge in [0, 0.05) is 0 Å². The summed E-state index contributed by atoms with van der Waals surface area (Å²) in [7, 11) is 0. The molecule has 1 rings (SSSR count). The van der Waals surface area contributed by atoms with Crippen LogP contribution in [0.1, 0.15) is 38.5 Å². The lowest BCUT2D eigenvalue weighted by molar-refractivity contribution is 0.126. The van der Waals surface area contributed by atoms with E-state index in [4.69, 9.17) is 11.5 Å².